The Morgan fingerprint density at radius 1 is 1.19 bits per heavy atom. The van der Waals surface area contributed by atoms with E-state index in [0.29, 0.717) is 12.1 Å². The van der Waals surface area contributed by atoms with Crippen LogP contribution in [0.15, 0.2) is 40.6 Å². The van der Waals surface area contributed by atoms with E-state index in [1.807, 2.05) is 17.5 Å². The third kappa shape index (κ3) is 4.88. The lowest BCUT2D eigenvalue weighted by Crippen LogP contribution is -2.37. The number of thiophene rings is 1. The molecule has 0 bridgehead atoms. The van der Waals surface area contributed by atoms with Crippen LogP contribution in [-0.4, -0.2) is 29.9 Å². The number of carbonyl (C=O) groups excluding carboxylic acids is 2. The van der Waals surface area contributed by atoms with Crippen LogP contribution in [0.1, 0.15) is 15.2 Å². The Morgan fingerprint density at radius 3 is 2.71 bits per heavy atom. The Bertz CT molecular complexity index is 644. The van der Waals surface area contributed by atoms with Gasteiger partial charge in [0.25, 0.3) is 5.91 Å². The van der Waals surface area contributed by atoms with Gasteiger partial charge in [0.05, 0.1) is 12.1 Å². The van der Waals surface area contributed by atoms with Crippen LogP contribution in [0.5, 0.6) is 0 Å². The molecule has 7 heteroatoms. The Kier molecular flexibility index (Phi) is 5.28. The Morgan fingerprint density at radius 2 is 2.05 bits per heavy atom. The lowest BCUT2D eigenvalue weighted by atomic mass is 10.2. The van der Waals surface area contributed by atoms with Crippen molar-refractivity contribution < 1.29 is 9.59 Å². The molecule has 0 saturated carbocycles. The molecule has 6 nitrogen and oxygen atoms in total. The summed E-state index contributed by atoms with van der Waals surface area (Å²) in [5.41, 5.74) is 0.0267. The number of H-pyrrole nitrogens is 1. The minimum absolute atomic E-state index is 0.0948. The number of nitrogens with one attached hydrogen (secondary N) is 3. The Hall–Kier alpha value is -2.41. The molecule has 0 fully saturated rings. The molecule has 0 aromatic carbocycles. The zero-order chi connectivity index (χ0) is 15.1. The molecule has 2 aromatic heterocycles. The number of aromatic amines is 1. The zero-order valence-electron chi connectivity index (χ0n) is 11.2. The highest BCUT2D eigenvalue weighted by Crippen LogP contribution is 2.07. The zero-order valence-corrected chi connectivity index (χ0v) is 12.0. The normalized spacial score (nSPS) is 10.1. The predicted molar refractivity (Wildman–Crippen MR) is 80.4 cm³/mol. The summed E-state index contributed by atoms with van der Waals surface area (Å²) in [6.45, 7) is 0.441. The van der Waals surface area contributed by atoms with Crippen LogP contribution in [0.4, 0.5) is 0 Å². The first-order chi connectivity index (χ1) is 10.1. The molecule has 0 aliphatic carbocycles. The van der Waals surface area contributed by atoms with Crippen LogP contribution in [-0.2, 0) is 11.2 Å². The molecule has 110 valence electrons. The lowest BCUT2D eigenvalue weighted by Gasteiger charge is -2.06. The Labute approximate surface area is 125 Å². The summed E-state index contributed by atoms with van der Waals surface area (Å²) in [6, 6.07) is 6.64. The van der Waals surface area contributed by atoms with Gasteiger partial charge in [0.1, 0.15) is 0 Å². The van der Waals surface area contributed by atoms with Crippen molar-refractivity contribution in [2.24, 2.45) is 0 Å². The molecule has 0 atom stereocenters. The number of hydrogen-bond donors (Lipinski definition) is 3. The maximum absolute atomic E-state index is 11.7. The third-order valence-electron chi connectivity index (χ3n) is 2.73. The van der Waals surface area contributed by atoms with E-state index in [9.17, 15) is 14.4 Å². The number of carbonyl (C=O) groups is 2. The summed E-state index contributed by atoms with van der Waals surface area (Å²) in [6.07, 6.45) is 2.09. The molecule has 0 radical (unpaired) electrons. The van der Waals surface area contributed by atoms with Gasteiger partial charge < -0.3 is 15.6 Å². The van der Waals surface area contributed by atoms with Gasteiger partial charge in [-0.2, -0.15) is 0 Å². The van der Waals surface area contributed by atoms with Crippen molar-refractivity contribution in [2.45, 2.75) is 6.42 Å². The summed E-state index contributed by atoms with van der Waals surface area (Å²) in [7, 11) is 0. The van der Waals surface area contributed by atoms with E-state index in [-0.39, 0.29) is 18.0 Å². The van der Waals surface area contributed by atoms with Crippen molar-refractivity contribution >= 4 is 23.2 Å². The summed E-state index contributed by atoms with van der Waals surface area (Å²) in [5.74, 6) is -0.649. The van der Waals surface area contributed by atoms with E-state index in [1.54, 1.807) is 11.3 Å². The van der Waals surface area contributed by atoms with Crippen molar-refractivity contribution in [1.29, 1.82) is 0 Å². The van der Waals surface area contributed by atoms with Gasteiger partial charge in [0.15, 0.2) is 0 Å². The molecule has 2 heterocycles. The van der Waals surface area contributed by atoms with Crippen LogP contribution < -0.4 is 16.2 Å². The summed E-state index contributed by atoms with van der Waals surface area (Å²) < 4.78 is 0. The highest BCUT2D eigenvalue weighted by atomic mass is 32.1. The third-order valence-corrected chi connectivity index (χ3v) is 3.67. The van der Waals surface area contributed by atoms with Gasteiger partial charge in [-0.1, -0.05) is 6.07 Å². The average Bonchev–Trinajstić information content (AvgIpc) is 2.99. The molecule has 0 aliphatic rings. The molecule has 2 rings (SSSR count). The second-order valence-electron chi connectivity index (χ2n) is 4.30. The fourth-order valence-electron chi connectivity index (χ4n) is 1.66. The monoisotopic (exact) mass is 305 g/mol. The summed E-state index contributed by atoms with van der Waals surface area (Å²) >= 11 is 1.64. The number of amides is 2. The number of rotatable bonds is 6. The largest absolute Gasteiger partial charge is 0.354 e. The van der Waals surface area contributed by atoms with Crippen LogP contribution in [0, 0.1) is 0 Å². The van der Waals surface area contributed by atoms with E-state index in [0.717, 1.165) is 6.42 Å². The minimum atomic E-state index is -0.403. The number of hydrogen-bond acceptors (Lipinski definition) is 4. The fourth-order valence-corrected chi connectivity index (χ4v) is 2.37. The number of aromatic nitrogens is 1. The first kappa shape index (κ1) is 15.0. The van der Waals surface area contributed by atoms with Crippen molar-refractivity contribution in [3.05, 3.63) is 56.6 Å². The maximum atomic E-state index is 11.7. The number of pyridine rings is 1. The molecule has 21 heavy (non-hydrogen) atoms. The van der Waals surface area contributed by atoms with Crippen LogP contribution in [0.25, 0.3) is 0 Å². The first-order valence-corrected chi connectivity index (χ1v) is 7.29. The molecular weight excluding hydrogens is 290 g/mol. The Balaban J connectivity index is 1.69. The van der Waals surface area contributed by atoms with Crippen molar-refractivity contribution in [3.8, 4) is 0 Å². The molecule has 0 saturated heterocycles. The SMILES string of the molecule is O=C(CNC(=O)c1ccc(=O)[nH]c1)NCCc1cccs1. The van der Waals surface area contributed by atoms with E-state index < -0.39 is 5.91 Å². The molecule has 2 amide bonds. The molecule has 0 spiro atoms. The second kappa shape index (κ2) is 7.39. The molecule has 0 aliphatic heterocycles. The minimum Gasteiger partial charge on any atom is -0.354 e. The lowest BCUT2D eigenvalue weighted by molar-refractivity contribution is -0.120. The highest BCUT2D eigenvalue weighted by molar-refractivity contribution is 7.09. The van der Waals surface area contributed by atoms with Gasteiger partial charge in [-0.15, -0.1) is 11.3 Å². The van der Waals surface area contributed by atoms with Gasteiger partial charge in [0, 0.05) is 23.7 Å². The highest BCUT2D eigenvalue weighted by Gasteiger charge is 2.07. The van der Waals surface area contributed by atoms with Crippen molar-refractivity contribution in [1.82, 2.24) is 15.6 Å². The smallest absolute Gasteiger partial charge is 0.253 e. The van der Waals surface area contributed by atoms with Gasteiger partial charge in [-0.05, 0) is 23.9 Å². The van der Waals surface area contributed by atoms with E-state index in [2.05, 4.69) is 15.6 Å². The van der Waals surface area contributed by atoms with Gasteiger partial charge in [-0.25, -0.2) is 0 Å². The molecule has 2 aromatic rings. The van der Waals surface area contributed by atoms with Crippen LogP contribution in [0.3, 0.4) is 0 Å². The van der Waals surface area contributed by atoms with E-state index in [1.165, 1.54) is 23.2 Å². The summed E-state index contributed by atoms with van der Waals surface area (Å²) in [4.78, 5) is 37.8. The predicted octanol–water partition coefficient (Wildman–Crippen LogP) is 0.525. The summed E-state index contributed by atoms with van der Waals surface area (Å²) in [5, 5.41) is 7.21. The maximum Gasteiger partial charge on any atom is 0.253 e. The van der Waals surface area contributed by atoms with E-state index >= 15 is 0 Å². The first-order valence-electron chi connectivity index (χ1n) is 6.41. The van der Waals surface area contributed by atoms with Crippen LogP contribution >= 0.6 is 11.3 Å². The quantitative estimate of drug-likeness (QED) is 0.727. The van der Waals surface area contributed by atoms with E-state index in [4.69, 9.17) is 0 Å². The van der Waals surface area contributed by atoms with Gasteiger partial charge in [-0.3, -0.25) is 14.4 Å². The van der Waals surface area contributed by atoms with Gasteiger partial charge in [0.2, 0.25) is 11.5 Å². The topological polar surface area (TPSA) is 91.1 Å². The standard InChI is InChI=1S/C14H15N3O3S/c18-12-4-3-10(8-16-12)14(20)17-9-13(19)15-6-5-11-2-1-7-21-11/h1-4,7-8H,5-6,9H2,(H,15,19)(H,16,18)(H,17,20). The van der Waals surface area contributed by atoms with Crippen molar-refractivity contribution in [2.75, 3.05) is 13.1 Å². The van der Waals surface area contributed by atoms with Gasteiger partial charge >= 0.3 is 0 Å². The molecule has 0 unspecified atom stereocenters. The van der Waals surface area contributed by atoms with Crippen LogP contribution in [0.2, 0.25) is 0 Å². The molecular formula is C14H15N3O3S. The molecule has 3 N–H and O–H groups in total. The average molecular weight is 305 g/mol. The fraction of sp³-hybridized carbons (Fsp3) is 0.214. The van der Waals surface area contributed by atoms with Crippen molar-refractivity contribution in [3.63, 3.8) is 0 Å². The second-order valence-corrected chi connectivity index (χ2v) is 5.34.